The largest absolute Gasteiger partial charge is 0.569 e. The van der Waals surface area contributed by atoms with Gasteiger partial charge >= 0.3 is 7.69 Å². The lowest BCUT2D eigenvalue weighted by Gasteiger charge is -2.19. The third kappa shape index (κ3) is 20.7. The normalized spacial score (nSPS) is 11.1. The van der Waals surface area contributed by atoms with E-state index >= 15 is 0 Å². The van der Waals surface area contributed by atoms with Crippen LogP contribution in [0.25, 0.3) is 65.6 Å². The van der Waals surface area contributed by atoms with Crippen molar-refractivity contribution in [1.29, 1.82) is 0 Å². The first-order valence-corrected chi connectivity index (χ1v) is 39.8. The van der Waals surface area contributed by atoms with Gasteiger partial charge in [0.2, 0.25) is 10.6 Å². The fourth-order valence-electron chi connectivity index (χ4n) is 10.1. The Bertz CT molecular complexity index is 5780. The van der Waals surface area contributed by atoms with Gasteiger partial charge in [-0.25, -0.2) is 34.9 Å². The predicted molar refractivity (Wildman–Crippen MR) is 461 cm³/mol. The fourth-order valence-corrected chi connectivity index (χ4v) is 15.7. The van der Waals surface area contributed by atoms with Crippen molar-refractivity contribution in [3.8, 4) is 16.2 Å². The summed E-state index contributed by atoms with van der Waals surface area (Å²) < 4.78 is 11.4. The maximum Gasteiger partial charge on any atom is 0.569 e. The van der Waals surface area contributed by atoms with Gasteiger partial charge in [0.25, 0.3) is 11.6 Å². The topological polar surface area (TPSA) is 240 Å². The summed E-state index contributed by atoms with van der Waals surface area (Å²) in [6.07, 6.45) is 10.5. The average Bonchev–Trinajstić information content (AvgIpc) is 1.50. The zero-order valence-electron chi connectivity index (χ0n) is 58.3. The van der Waals surface area contributed by atoms with Crippen molar-refractivity contribution in [3.05, 3.63) is 217 Å². The van der Waals surface area contributed by atoms with E-state index in [-0.39, 0.29) is 33.8 Å². The Kier molecular flexibility index (Phi) is 28.4. The lowest BCUT2D eigenvalue weighted by atomic mass is 9.87. The molecular formula is C70H59BBr3Cl8N20O2S4. The van der Waals surface area contributed by atoms with Gasteiger partial charge in [-0.05, 0) is 183 Å². The van der Waals surface area contributed by atoms with Gasteiger partial charge in [-0.15, -0.1) is 32.8 Å². The summed E-state index contributed by atoms with van der Waals surface area (Å²) in [6, 6.07) is 38.4. The first kappa shape index (κ1) is 83.4. The molecule has 10 heterocycles. The second kappa shape index (κ2) is 36.8. The number of benzene rings is 6. The monoisotopic (exact) mass is 1870 g/mol. The molecule has 0 amide bonds. The van der Waals surface area contributed by atoms with Crippen LogP contribution in [-0.4, -0.2) is 120 Å². The fraction of sp³-hybridized carbons (Fsp3) is 0.171. The van der Waals surface area contributed by atoms with Crippen molar-refractivity contribution in [1.82, 2.24) is 79.0 Å². The highest BCUT2D eigenvalue weighted by molar-refractivity contribution is 9.11. The number of anilines is 7. The molecule has 0 aliphatic rings. The van der Waals surface area contributed by atoms with Gasteiger partial charge in [0.1, 0.15) is 35.3 Å². The van der Waals surface area contributed by atoms with Crippen LogP contribution >= 0.6 is 187 Å². The summed E-state index contributed by atoms with van der Waals surface area (Å²) >= 11 is 58.0. The molecule has 0 aliphatic carbocycles. The average molecular weight is 1870 g/mol. The van der Waals surface area contributed by atoms with Crippen molar-refractivity contribution in [3.63, 3.8) is 0 Å². The Morgan fingerprint density at radius 3 is 1.31 bits per heavy atom. The van der Waals surface area contributed by atoms with E-state index in [9.17, 15) is 0 Å². The SMILES string of the molecule is CC(C)(C)c1ccc(O[B]O)cc1.CN(c1ncc(-c2ccc(C(C)(C)C)cc2)s1)c1nc2nncn2c2cc(Cl)ccc12.CN(c1ncc(Br)s1)c1nc(Cl)nc2cc(Cl)ccc12.CN(c1ncc(Br)s1)c1nc2nncn2c2cc(Cl)ccc12.CNc1ncc(Br)s1.Cl.Clc1ccc2c(Cl)nc(Cl)nc2c1. The van der Waals surface area contributed by atoms with Crippen LogP contribution in [0.15, 0.2) is 170 Å². The van der Waals surface area contributed by atoms with Crippen molar-refractivity contribution in [2.45, 2.75) is 52.4 Å². The number of nitrogens with zero attached hydrogens (tertiary/aromatic N) is 19. The number of thiazole rings is 4. The van der Waals surface area contributed by atoms with Gasteiger partial charge < -0.3 is 29.7 Å². The molecule has 2 N–H and O–H groups in total. The Morgan fingerprint density at radius 1 is 0.472 bits per heavy atom. The molecule has 10 aromatic heterocycles. The van der Waals surface area contributed by atoms with Gasteiger partial charge in [-0.1, -0.05) is 181 Å². The molecule has 0 aliphatic heterocycles. The van der Waals surface area contributed by atoms with Crippen molar-refractivity contribution in [2.24, 2.45) is 0 Å². The molecule has 0 spiro atoms. The van der Waals surface area contributed by atoms with Crippen LogP contribution in [-0.2, 0) is 10.8 Å². The summed E-state index contributed by atoms with van der Waals surface area (Å²) in [6.45, 7) is 13.1. The van der Waals surface area contributed by atoms with Crippen LogP contribution in [0.4, 0.5) is 38.0 Å². The molecule has 22 nitrogen and oxygen atoms in total. The van der Waals surface area contributed by atoms with Crippen LogP contribution in [0.3, 0.4) is 0 Å². The smallest absolute Gasteiger partial charge is 0.537 e. The summed E-state index contributed by atoms with van der Waals surface area (Å²) in [7, 11) is 8.32. The molecule has 0 unspecified atom stereocenters. The van der Waals surface area contributed by atoms with E-state index in [4.69, 9.17) is 95.9 Å². The molecule has 0 atom stereocenters. The lowest BCUT2D eigenvalue weighted by Crippen LogP contribution is -2.12. The highest BCUT2D eigenvalue weighted by atomic mass is 79.9. The Morgan fingerprint density at radius 2 is 0.880 bits per heavy atom. The van der Waals surface area contributed by atoms with E-state index in [0.29, 0.717) is 67.1 Å². The Balaban J connectivity index is 0.000000145. The van der Waals surface area contributed by atoms with E-state index in [1.165, 1.54) is 33.8 Å². The van der Waals surface area contributed by atoms with E-state index in [2.05, 4.69) is 184 Å². The molecule has 0 saturated heterocycles. The molecule has 16 aromatic rings. The summed E-state index contributed by atoms with van der Waals surface area (Å²) in [5.41, 5.74) is 7.16. The lowest BCUT2D eigenvalue weighted by molar-refractivity contribution is 0.453. The summed E-state index contributed by atoms with van der Waals surface area (Å²) in [5, 5.41) is 37.5. The van der Waals surface area contributed by atoms with Gasteiger partial charge in [0, 0.05) is 76.0 Å². The molecule has 38 heteroatoms. The van der Waals surface area contributed by atoms with Crippen LogP contribution < -0.4 is 24.7 Å². The molecule has 0 fully saturated rings. The molecule has 555 valence electrons. The Labute approximate surface area is 703 Å². The van der Waals surface area contributed by atoms with Crippen molar-refractivity contribution in [2.75, 3.05) is 48.2 Å². The van der Waals surface area contributed by atoms with Crippen LogP contribution in [0, 0.1) is 0 Å². The highest BCUT2D eigenvalue weighted by Crippen LogP contribution is 2.40. The molecule has 0 bridgehead atoms. The molecule has 16 rings (SSSR count). The minimum absolute atomic E-state index is 0. The number of aromatic nitrogens is 16. The zero-order chi connectivity index (χ0) is 76.6. The van der Waals surface area contributed by atoms with E-state index in [1.54, 1.807) is 84.3 Å². The predicted octanol–water partition coefficient (Wildman–Crippen LogP) is 22.8. The number of nitrogens with one attached hydrogen (secondary N) is 1. The maximum absolute atomic E-state index is 8.40. The third-order valence-corrected chi connectivity index (χ3v) is 22.8. The second-order valence-electron chi connectivity index (χ2n) is 24.7. The van der Waals surface area contributed by atoms with E-state index < -0.39 is 0 Å². The molecule has 1 radical (unpaired) electrons. The maximum atomic E-state index is 8.40. The number of hydrogen-bond donors (Lipinski definition) is 2. The van der Waals surface area contributed by atoms with Crippen LogP contribution in [0.1, 0.15) is 52.7 Å². The van der Waals surface area contributed by atoms with Gasteiger partial charge in [0.15, 0.2) is 20.5 Å². The highest BCUT2D eigenvalue weighted by Gasteiger charge is 2.22. The number of hydrogen-bond acceptors (Lipinski definition) is 24. The van der Waals surface area contributed by atoms with Crippen LogP contribution in [0.2, 0.25) is 35.8 Å². The van der Waals surface area contributed by atoms with E-state index in [1.807, 2.05) is 125 Å². The van der Waals surface area contributed by atoms with Crippen molar-refractivity contribution < 1.29 is 9.68 Å². The molecule has 6 aromatic carbocycles. The number of halogens is 11. The van der Waals surface area contributed by atoms with E-state index in [0.717, 1.165) is 86.5 Å². The summed E-state index contributed by atoms with van der Waals surface area (Å²) in [4.78, 5) is 49.9. The van der Waals surface area contributed by atoms with Gasteiger partial charge in [-0.3, -0.25) is 8.80 Å². The third-order valence-electron chi connectivity index (χ3n) is 15.5. The van der Waals surface area contributed by atoms with Gasteiger partial charge in [0.05, 0.1) is 62.6 Å². The Hall–Kier alpha value is -7.08. The first-order valence-electron chi connectivity index (χ1n) is 31.5. The second-order valence-corrected chi connectivity index (χ2v) is 35.7. The first-order chi connectivity index (χ1) is 51.0. The summed E-state index contributed by atoms with van der Waals surface area (Å²) in [5.74, 6) is 3.90. The standard InChI is InChI=1S/C23H21ClN6S.C13H8BrClN6S.C12H7BrCl2N4S.C10H14BO2.C8H3Cl3N2.C4H5BrN2S.ClH/c1-23(2,3)15-7-5-14(6-8-15)19-12-25-22(31-19)29(4)20-17-10-9-16(24)11-18(17)30-13-26-28-21(30)27-20;1-20(13-16-5-10(14)22-13)11-8-3-2-7(15)4-9(8)21-6-17-19-12(21)18-11;1-19(12-16-5-9(13)20-12)10-7-3-2-6(14)4-8(7)17-11(15)18-10;1-10(2,3)8-4-6-9(7-5-8)13-11-12;9-4-1-2-5-6(3-4)12-8(11)13-7(5)10;1-6-4-7-2-3(5)8-4;/h5-13H,1-4H3;2-6H,1H3;2-5H,1H3;4-7,12H,1-3H3;1-3H;2H,1H3,(H,6,7);1H. The van der Waals surface area contributed by atoms with Crippen molar-refractivity contribution >= 4 is 288 Å². The molecule has 0 saturated carbocycles. The quantitative estimate of drug-likeness (QED) is 0.0734. The van der Waals surface area contributed by atoms with Gasteiger partial charge in [-0.2, -0.15) is 15.0 Å². The van der Waals surface area contributed by atoms with Crippen LogP contribution in [0.5, 0.6) is 5.75 Å². The molecule has 108 heavy (non-hydrogen) atoms. The zero-order valence-corrected chi connectivity index (χ0v) is 72.4. The minimum atomic E-state index is 0. The number of fused-ring (bicyclic) bond motifs is 8. The molecular weight excluding hydrogens is 1820 g/mol. The minimum Gasteiger partial charge on any atom is -0.537 e. The number of rotatable bonds is 10.